The van der Waals surface area contributed by atoms with Crippen LogP contribution in [-0.2, 0) is 114 Å². The lowest BCUT2D eigenvalue weighted by atomic mass is 10.00. The van der Waals surface area contributed by atoms with Crippen LogP contribution in [0.1, 0.15) is 140 Å². The number of nitrogens with one attached hydrogen (secondary N) is 12. The molecule has 3 aromatic carbocycles. The van der Waals surface area contributed by atoms with Crippen LogP contribution in [0.25, 0.3) is 21.8 Å². The van der Waals surface area contributed by atoms with Crippen LogP contribution in [0.15, 0.2) is 97.7 Å². The average Bonchev–Trinajstić information content (AvgIpc) is 1.62. The van der Waals surface area contributed by atoms with Crippen molar-refractivity contribution < 1.29 is 96.8 Å². The maximum absolute atomic E-state index is 15.8. The molecule has 6 aromatic rings. The number of aromatic amines is 2. The van der Waals surface area contributed by atoms with Gasteiger partial charge in [0.15, 0.2) is 0 Å². The monoisotopic (exact) mass is 1880 g/mol. The number of nitrogens with zero attached hydrogens (tertiary/aromatic N) is 7. The predicted octanol–water partition coefficient (Wildman–Crippen LogP) is -2.44. The van der Waals surface area contributed by atoms with E-state index in [1.54, 1.807) is 63.6 Å². The second kappa shape index (κ2) is 49.6. The van der Waals surface area contributed by atoms with Gasteiger partial charge < -0.3 is 125 Å². The molecule has 3 aliphatic heterocycles. The molecule has 15 atom stereocenters. The number of phenols is 1. The average molecular weight is 1880 g/mol. The summed E-state index contributed by atoms with van der Waals surface area (Å²) < 4.78 is 1.81. The lowest BCUT2D eigenvalue weighted by molar-refractivity contribution is -0.149. The molecule has 0 bridgehead atoms. The zero-order valence-corrected chi connectivity index (χ0v) is 77.8. The number of aliphatic hydroxyl groups excluding tert-OH is 2. The zero-order valence-electron chi connectivity index (χ0n) is 77.0. The summed E-state index contributed by atoms with van der Waals surface area (Å²) in [5, 5.41) is 60.8. The topological polar surface area (TPSA) is 615 Å². The number of primary amides is 2. The number of nitrogens with two attached hydrogens (primary N) is 3. The van der Waals surface area contributed by atoms with E-state index in [4.69, 9.17) is 17.2 Å². The number of aryl methyl sites for hydroxylation is 1. The highest BCUT2D eigenvalue weighted by Gasteiger charge is 2.47. The Morgan fingerprint density at radius 1 is 0.567 bits per heavy atom. The van der Waals surface area contributed by atoms with Crippen LogP contribution in [0, 0.1) is 5.92 Å². The van der Waals surface area contributed by atoms with Gasteiger partial charge in [-0.15, -0.1) is 11.8 Å². The lowest BCUT2D eigenvalue weighted by Crippen LogP contribution is -2.62. The van der Waals surface area contributed by atoms with Crippen molar-refractivity contribution in [3.63, 3.8) is 0 Å². The van der Waals surface area contributed by atoms with Gasteiger partial charge in [-0.1, -0.05) is 102 Å². The highest BCUT2D eigenvalue weighted by molar-refractivity contribution is 8.00. The van der Waals surface area contributed by atoms with Crippen LogP contribution in [0.3, 0.4) is 0 Å². The SMILES string of the molecule is CCCC[C@H]1C(=O)N(C)[C@@H](CCCC)C(=O)N[C@@H](CCCN)C(=O)N[C@H](C(=O)NCC(N)=O)CSCC(=O)N[C@@H](Cc2ccc(O)cc2)C(=O)N(C)[C@@H](C)C(=O)N[C@@H](CC(N)=O)C(=O)N2CCC[C@H]2C(=O)N[C@@H](Cc2cnc[nH]2)C(=O)N[C@@H](CC(C)C)C(=O)N2C[C@H](O)C[C@H]2C(=O)N[C@@H](Cc2c[nH]c3ccccc23)C(=O)N[C@@H](CO)C(=O)N[C@H](Cc2cn(C)c3ccccc23)C(=O)N1C. The molecule has 43 heteroatoms. The fourth-order valence-electron chi connectivity index (χ4n) is 16.9. The summed E-state index contributed by atoms with van der Waals surface area (Å²) in [7, 11) is 5.73. The summed E-state index contributed by atoms with van der Waals surface area (Å²) in [6.07, 6.45) is 4.18. The predicted molar refractivity (Wildman–Crippen MR) is 494 cm³/mol. The van der Waals surface area contributed by atoms with Crippen LogP contribution in [0.2, 0.25) is 0 Å². The summed E-state index contributed by atoms with van der Waals surface area (Å²) in [5.41, 5.74) is 20.3. The molecule has 0 saturated carbocycles. The van der Waals surface area contributed by atoms with Crippen LogP contribution < -0.4 is 70.4 Å². The Labute approximate surface area is 780 Å². The maximum Gasteiger partial charge on any atom is 0.246 e. The van der Waals surface area contributed by atoms with Crippen molar-refractivity contribution in [3.8, 4) is 5.75 Å². The molecule has 728 valence electrons. The number of thioether (sulfide) groups is 1. The third kappa shape index (κ3) is 28.3. The van der Waals surface area contributed by atoms with Gasteiger partial charge in [-0.2, -0.15) is 0 Å². The van der Waals surface area contributed by atoms with Gasteiger partial charge in [0.05, 0.1) is 37.8 Å². The highest BCUT2D eigenvalue weighted by atomic mass is 32.2. The van der Waals surface area contributed by atoms with E-state index >= 15 is 38.4 Å². The van der Waals surface area contributed by atoms with Crippen molar-refractivity contribution in [1.82, 2.24) is 97.2 Å². The van der Waals surface area contributed by atoms with Crippen LogP contribution >= 0.6 is 11.8 Å². The number of aliphatic hydroxyl groups is 2. The molecule has 17 amide bonds. The van der Waals surface area contributed by atoms with Gasteiger partial charge in [0.1, 0.15) is 90.3 Å². The summed E-state index contributed by atoms with van der Waals surface area (Å²) in [4.78, 5) is 266. The molecule has 21 N–H and O–H groups in total. The lowest BCUT2D eigenvalue weighted by Gasteiger charge is -2.36. The van der Waals surface area contributed by atoms with Crippen molar-refractivity contribution in [2.24, 2.45) is 30.2 Å². The number of fused-ring (bicyclic) bond motifs is 4. The van der Waals surface area contributed by atoms with Gasteiger partial charge in [-0.05, 0) is 105 Å². The molecular weight excluding hydrogens is 1750 g/mol. The fraction of sp³-hybridized carbons (Fsp3) is 0.538. The number of unbranched alkanes of at least 4 members (excludes halogenated alkanes) is 2. The molecular formula is C91H128N22O20S. The van der Waals surface area contributed by atoms with Gasteiger partial charge in [-0.25, -0.2) is 4.98 Å². The Balaban J connectivity index is 1.10. The van der Waals surface area contributed by atoms with Gasteiger partial charge in [-0.3, -0.25) is 81.5 Å². The minimum Gasteiger partial charge on any atom is -0.508 e. The van der Waals surface area contributed by atoms with Crippen LogP contribution in [0.4, 0.5) is 0 Å². The van der Waals surface area contributed by atoms with E-state index in [0.29, 0.717) is 64.4 Å². The van der Waals surface area contributed by atoms with Gasteiger partial charge in [0.25, 0.3) is 0 Å². The minimum absolute atomic E-state index is 0.00302. The third-order valence-corrected chi connectivity index (χ3v) is 25.4. The molecule has 0 spiro atoms. The van der Waals surface area contributed by atoms with Gasteiger partial charge >= 0.3 is 0 Å². The van der Waals surface area contributed by atoms with Crippen LogP contribution in [-0.4, -0.2) is 316 Å². The Kier molecular flexibility index (Phi) is 38.8. The van der Waals surface area contributed by atoms with Gasteiger partial charge in [0, 0.05) is 125 Å². The Hall–Kier alpha value is -13.0. The van der Waals surface area contributed by atoms with Crippen molar-refractivity contribution >= 4 is 134 Å². The first-order valence-electron chi connectivity index (χ1n) is 45.2. The molecule has 0 aliphatic carbocycles. The van der Waals surface area contributed by atoms with Gasteiger partial charge in [0.2, 0.25) is 100 Å². The normalized spacial score (nSPS) is 24.9. The maximum atomic E-state index is 15.8. The number of aromatic hydroxyl groups is 1. The number of carbonyl (C=O) groups is 17. The molecule has 3 fully saturated rings. The molecule has 42 nitrogen and oxygen atoms in total. The van der Waals surface area contributed by atoms with E-state index in [1.807, 2.05) is 36.6 Å². The third-order valence-electron chi connectivity index (χ3n) is 24.3. The Bertz CT molecular complexity index is 5160. The number of para-hydroxylation sites is 2. The number of phenolic OH excluding ortho intramolecular Hbond substituents is 1. The molecule has 0 radical (unpaired) electrons. The number of H-pyrrole nitrogens is 2. The summed E-state index contributed by atoms with van der Waals surface area (Å²) in [6, 6.07) is -1.77. The Morgan fingerprint density at radius 3 is 1.79 bits per heavy atom. The number of hydrogen-bond acceptors (Lipinski definition) is 23. The number of imidazole rings is 1. The van der Waals surface area contributed by atoms with E-state index < -0.39 is 229 Å². The van der Waals surface area contributed by atoms with Crippen molar-refractivity contribution in [3.05, 3.63) is 120 Å². The van der Waals surface area contributed by atoms with Crippen molar-refractivity contribution in [1.29, 1.82) is 0 Å². The smallest absolute Gasteiger partial charge is 0.246 e. The highest BCUT2D eigenvalue weighted by Crippen LogP contribution is 2.29. The first kappa shape index (κ1) is 105. The molecule has 9 rings (SSSR count). The molecule has 134 heavy (non-hydrogen) atoms. The second-order valence-electron chi connectivity index (χ2n) is 34.8. The number of rotatable bonds is 25. The number of likely N-dealkylation sites (N-methyl/N-ethyl adjacent to an activating group) is 3. The molecule has 3 aliphatic rings. The summed E-state index contributed by atoms with van der Waals surface area (Å²) in [6.45, 7) is 6.11. The second-order valence-corrected chi connectivity index (χ2v) is 35.9. The van der Waals surface area contributed by atoms with E-state index in [0.717, 1.165) is 36.9 Å². The van der Waals surface area contributed by atoms with E-state index in [9.17, 15) is 58.5 Å². The number of amides is 17. The standard InChI is InChI=1S/C91H128N22O20S/c1-10-12-24-71-84(126)100-61(23-18-32-92)80(122)107-69(79(121)97-43-76(94)118)47-134-48-77(119)99-65(35-52-28-30-56(115)31-29-52)87(129)109(7)51(5)78(120)103-67(40-75(93)117)89(131)112-33-19-27-72(112)85(127)102-63(38-55-42-95-49-98-55)82(124)104-64(34-50(3)4)90(132)113-45-57(116)39-74(113)86(128)101-62(36-53-41-96-60-22-16-14-20-58(53)60)81(123)106-68(46-114)83(125)105-66(37-54-44-108(6)70-26-17-15-21-59(54)70)88(130)111(9)73(25-13-11-2)91(133)110(71)8/h14-17,20-22,26,28-31,41-42,44,49-51,57,61-69,71-74,96,114-116H,10-13,18-19,23-25,27,32-40,43,45-48,92H2,1-9H3,(H2,93,117)(H2,94,118)(H,95,98)(H,97,121)(H,99,119)(H,100,126)(H,101,128)(H,102,127)(H,103,120)(H,104,124)(H,105,125)(H,106,123)(H,107,122)/t51-,57+,61-,62-,63-,64-,65-,66+,67-,68-,69-,71-,72-,73-,74-/m0/s1. The number of benzene rings is 3. The first-order valence-corrected chi connectivity index (χ1v) is 46.4. The molecule has 3 aromatic heterocycles. The number of aromatic nitrogens is 4. The van der Waals surface area contributed by atoms with Crippen molar-refractivity contribution in [2.45, 2.75) is 234 Å². The number of hydrogen-bond donors (Lipinski definition) is 18. The zero-order chi connectivity index (χ0) is 97.9. The van der Waals surface area contributed by atoms with Crippen molar-refractivity contribution in [2.75, 3.05) is 65.4 Å². The molecule has 3 saturated heterocycles. The summed E-state index contributed by atoms with van der Waals surface area (Å²) >= 11 is 0.782. The quantitative estimate of drug-likeness (QED) is 0.0283. The largest absolute Gasteiger partial charge is 0.508 e. The van der Waals surface area contributed by atoms with Crippen LogP contribution in [0.5, 0.6) is 5.75 Å². The Morgan fingerprint density at radius 2 is 1.14 bits per heavy atom. The summed E-state index contributed by atoms with van der Waals surface area (Å²) in [5.74, 6) is -17.3. The van der Waals surface area contributed by atoms with E-state index in [1.165, 1.54) is 69.8 Å². The minimum atomic E-state index is -1.88. The molecule has 0 unspecified atom stereocenters. The molecule has 6 heterocycles. The fourth-order valence-corrected chi connectivity index (χ4v) is 17.7. The number of carbonyl (C=O) groups excluding carboxylic acids is 17. The van der Waals surface area contributed by atoms with E-state index in [2.05, 4.69) is 68.1 Å². The van der Waals surface area contributed by atoms with E-state index in [-0.39, 0.29) is 102 Å². The first-order chi connectivity index (χ1) is 63.8.